The number of likely N-dealkylation sites (N-methyl/N-ethyl adjacent to an activating group) is 1. The fourth-order valence-electron chi connectivity index (χ4n) is 4.98. The highest BCUT2D eigenvalue weighted by Gasteiger charge is 2.35. The van der Waals surface area contributed by atoms with Gasteiger partial charge in [0.1, 0.15) is 6.61 Å². The van der Waals surface area contributed by atoms with Crippen molar-refractivity contribution in [3.05, 3.63) is 89.2 Å². The molecule has 6 heteroatoms. The minimum Gasteiger partial charge on any atom is -0.489 e. The zero-order chi connectivity index (χ0) is 23.7. The van der Waals surface area contributed by atoms with Crippen LogP contribution in [0.2, 0.25) is 0 Å². The quantitative estimate of drug-likeness (QED) is 0.551. The predicted molar refractivity (Wildman–Crippen MR) is 132 cm³/mol. The van der Waals surface area contributed by atoms with Crippen LogP contribution < -0.4 is 4.74 Å². The van der Waals surface area contributed by atoms with Gasteiger partial charge >= 0.3 is 0 Å². The molecule has 0 saturated carbocycles. The first-order valence-electron chi connectivity index (χ1n) is 11.8. The van der Waals surface area contributed by atoms with E-state index in [2.05, 4.69) is 53.4 Å². The lowest BCUT2D eigenvalue weighted by Crippen LogP contribution is -2.49. The molecule has 176 valence electrons. The number of benzene rings is 3. The van der Waals surface area contributed by atoms with Crippen LogP contribution in [0.4, 0.5) is 4.39 Å². The lowest BCUT2D eigenvalue weighted by atomic mass is 10.0. The van der Waals surface area contributed by atoms with Crippen molar-refractivity contribution in [1.82, 2.24) is 14.7 Å². The van der Waals surface area contributed by atoms with E-state index >= 15 is 0 Å². The summed E-state index contributed by atoms with van der Waals surface area (Å²) >= 11 is 0. The Morgan fingerprint density at radius 2 is 1.56 bits per heavy atom. The molecule has 0 atom stereocenters. The van der Waals surface area contributed by atoms with Crippen LogP contribution >= 0.6 is 0 Å². The van der Waals surface area contributed by atoms with Crippen molar-refractivity contribution in [1.29, 1.82) is 0 Å². The second kappa shape index (κ2) is 9.57. The zero-order valence-corrected chi connectivity index (χ0v) is 19.7. The summed E-state index contributed by atoms with van der Waals surface area (Å²) in [5.41, 5.74) is 5.61. The van der Waals surface area contributed by atoms with Gasteiger partial charge in [0, 0.05) is 38.3 Å². The molecular weight excluding hydrogens is 429 g/mol. The number of piperazine rings is 1. The van der Waals surface area contributed by atoms with Gasteiger partial charge in [0.25, 0.3) is 5.91 Å². The number of carbonyl (C=O) groups excluding carboxylic acids is 1. The van der Waals surface area contributed by atoms with Crippen molar-refractivity contribution in [2.75, 3.05) is 53.4 Å². The number of halogens is 1. The lowest BCUT2D eigenvalue weighted by molar-refractivity contribution is 0.0599. The van der Waals surface area contributed by atoms with Crippen LogP contribution in [0.5, 0.6) is 5.75 Å². The first-order valence-corrected chi connectivity index (χ1v) is 11.8. The van der Waals surface area contributed by atoms with E-state index < -0.39 is 5.82 Å². The zero-order valence-electron chi connectivity index (χ0n) is 19.7. The van der Waals surface area contributed by atoms with Crippen LogP contribution in [0, 0.1) is 5.82 Å². The summed E-state index contributed by atoms with van der Waals surface area (Å²) in [5, 5.41) is 0. The van der Waals surface area contributed by atoms with E-state index in [-0.39, 0.29) is 17.7 Å². The molecular formula is C28H30FN3O2. The highest BCUT2D eigenvalue weighted by molar-refractivity contribution is 5.94. The highest BCUT2D eigenvalue weighted by atomic mass is 19.1. The minimum atomic E-state index is -0.498. The van der Waals surface area contributed by atoms with Gasteiger partial charge < -0.3 is 14.5 Å². The molecule has 1 aliphatic heterocycles. The van der Waals surface area contributed by atoms with Crippen LogP contribution in [0.25, 0.3) is 11.1 Å². The molecule has 0 aromatic heterocycles. The Balaban J connectivity index is 1.25. The smallest absolute Gasteiger partial charge is 0.254 e. The van der Waals surface area contributed by atoms with E-state index in [0.29, 0.717) is 31.8 Å². The number of ether oxygens (including phenoxy) is 1. The van der Waals surface area contributed by atoms with E-state index in [0.717, 1.165) is 13.1 Å². The maximum atomic E-state index is 14.5. The maximum absolute atomic E-state index is 14.5. The second-order valence-electron chi connectivity index (χ2n) is 9.20. The summed E-state index contributed by atoms with van der Waals surface area (Å²) in [4.78, 5) is 19.3. The normalized spacial score (nSPS) is 15.9. The first-order chi connectivity index (χ1) is 16.5. The van der Waals surface area contributed by atoms with Gasteiger partial charge in [0.2, 0.25) is 0 Å². The molecule has 5 nitrogen and oxygen atoms in total. The van der Waals surface area contributed by atoms with E-state index in [9.17, 15) is 9.18 Å². The SMILES string of the molecule is CN(C)CCOc1ccc(C(=O)N2CCN(C3c4ccccc4-c4ccccc43)CC2)cc1F. The topological polar surface area (TPSA) is 36.0 Å². The molecule has 3 aromatic carbocycles. The molecule has 0 bridgehead atoms. The number of rotatable bonds is 6. The fourth-order valence-corrected chi connectivity index (χ4v) is 4.98. The third kappa shape index (κ3) is 4.31. The van der Waals surface area contributed by atoms with E-state index in [1.807, 2.05) is 23.9 Å². The van der Waals surface area contributed by atoms with Crippen LogP contribution in [0.3, 0.4) is 0 Å². The number of fused-ring (bicyclic) bond motifs is 3. The fraction of sp³-hybridized carbons (Fsp3) is 0.321. The molecule has 34 heavy (non-hydrogen) atoms. The Morgan fingerprint density at radius 3 is 2.15 bits per heavy atom. The summed E-state index contributed by atoms with van der Waals surface area (Å²) in [5.74, 6) is -0.449. The van der Waals surface area contributed by atoms with E-state index in [4.69, 9.17) is 4.74 Å². The Labute approximate surface area is 200 Å². The van der Waals surface area contributed by atoms with Crippen molar-refractivity contribution in [2.45, 2.75) is 6.04 Å². The van der Waals surface area contributed by atoms with Gasteiger partial charge in [0.15, 0.2) is 11.6 Å². The monoisotopic (exact) mass is 459 g/mol. The molecule has 0 radical (unpaired) electrons. The largest absolute Gasteiger partial charge is 0.489 e. The Bertz CT molecular complexity index is 1140. The van der Waals surface area contributed by atoms with Crippen molar-refractivity contribution >= 4 is 5.91 Å². The van der Waals surface area contributed by atoms with Gasteiger partial charge in [-0.2, -0.15) is 0 Å². The van der Waals surface area contributed by atoms with Gasteiger partial charge in [-0.3, -0.25) is 9.69 Å². The molecule has 0 N–H and O–H groups in total. The van der Waals surface area contributed by atoms with Crippen LogP contribution in [0.1, 0.15) is 27.5 Å². The Hall–Kier alpha value is -3.22. The Morgan fingerprint density at radius 1 is 0.941 bits per heavy atom. The standard InChI is InChI=1S/C28H30FN3O2/c1-30(2)17-18-34-26-12-11-20(19-25(26)29)28(33)32-15-13-31(14-16-32)27-23-9-5-3-7-21(23)22-8-4-6-10-24(22)27/h3-12,19,27H,13-18H2,1-2H3. The van der Waals surface area contributed by atoms with Gasteiger partial charge in [0.05, 0.1) is 6.04 Å². The molecule has 3 aromatic rings. The van der Waals surface area contributed by atoms with Crippen LogP contribution in [-0.2, 0) is 0 Å². The third-order valence-corrected chi connectivity index (χ3v) is 6.74. The van der Waals surface area contributed by atoms with Crippen LogP contribution in [0.15, 0.2) is 66.7 Å². The summed E-state index contributed by atoms with van der Waals surface area (Å²) in [6.45, 7) is 3.86. The molecule has 1 amide bonds. The van der Waals surface area contributed by atoms with Crippen molar-refractivity contribution in [3.63, 3.8) is 0 Å². The first kappa shape index (κ1) is 22.6. The maximum Gasteiger partial charge on any atom is 0.254 e. The van der Waals surface area contributed by atoms with Crippen molar-refractivity contribution < 1.29 is 13.9 Å². The van der Waals surface area contributed by atoms with Gasteiger partial charge in [-0.25, -0.2) is 4.39 Å². The molecule has 1 aliphatic carbocycles. The number of amides is 1. The molecule has 2 aliphatic rings. The average molecular weight is 460 g/mol. The Kier molecular flexibility index (Phi) is 6.35. The predicted octanol–water partition coefficient (Wildman–Crippen LogP) is 4.29. The van der Waals surface area contributed by atoms with Crippen LogP contribution in [-0.4, -0.2) is 74.0 Å². The van der Waals surface area contributed by atoms with Crippen molar-refractivity contribution in [2.24, 2.45) is 0 Å². The molecule has 5 rings (SSSR count). The lowest BCUT2D eigenvalue weighted by Gasteiger charge is -2.38. The second-order valence-corrected chi connectivity index (χ2v) is 9.20. The van der Waals surface area contributed by atoms with Gasteiger partial charge in [-0.1, -0.05) is 48.5 Å². The summed E-state index contributed by atoms with van der Waals surface area (Å²) in [6, 6.07) is 21.9. The van der Waals surface area contributed by atoms with E-state index in [1.165, 1.54) is 28.3 Å². The number of hydrogen-bond acceptors (Lipinski definition) is 4. The third-order valence-electron chi connectivity index (χ3n) is 6.74. The molecule has 1 fully saturated rings. The summed E-state index contributed by atoms with van der Waals surface area (Å²) in [7, 11) is 3.87. The number of hydrogen-bond donors (Lipinski definition) is 0. The molecule has 1 saturated heterocycles. The van der Waals surface area contributed by atoms with Gasteiger partial charge in [-0.15, -0.1) is 0 Å². The average Bonchev–Trinajstić information content (AvgIpc) is 3.19. The molecule has 1 heterocycles. The summed E-state index contributed by atoms with van der Waals surface area (Å²) in [6.07, 6.45) is 0. The van der Waals surface area contributed by atoms with Gasteiger partial charge in [-0.05, 0) is 54.5 Å². The number of carbonyl (C=O) groups is 1. The van der Waals surface area contributed by atoms with Crippen molar-refractivity contribution in [3.8, 4) is 16.9 Å². The minimum absolute atomic E-state index is 0.134. The summed E-state index contributed by atoms with van der Waals surface area (Å²) < 4.78 is 20.0. The molecule has 0 spiro atoms. The highest BCUT2D eigenvalue weighted by Crippen LogP contribution is 2.46. The van der Waals surface area contributed by atoms with E-state index in [1.54, 1.807) is 12.1 Å². The molecule has 0 unspecified atom stereocenters. The number of nitrogens with zero attached hydrogens (tertiary/aromatic N) is 3.